The number of carboxylic acid groups (broad SMARTS) is 1. The van der Waals surface area contributed by atoms with E-state index in [0.717, 1.165) is 16.8 Å². The van der Waals surface area contributed by atoms with Gasteiger partial charge in [0.1, 0.15) is 0 Å². The van der Waals surface area contributed by atoms with Crippen molar-refractivity contribution in [3.63, 3.8) is 0 Å². The molecule has 3 N–H and O–H groups in total. The van der Waals surface area contributed by atoms with E-state index in [0.29, 0.717) is 30.8 Å². The average Bonchev–Trinajstić information content (AvgIpc) is 3.31. The van der Waals surface area contributed by atoms with E-state index in [4.69, 9.17) is 0 Å². The topological polar surface area (TPSA) is 96.3 Å². The average molecular weight is 473 g/mol. The molecule has 0 radical (unpaired) electrons. The fourth-order valence-electron chi connectivity index (χ4n) is 4.28. The summed E-state index contributed by atoms with van der Waals surface area (Å²) in [5, 5.41) is 20.3. The molecular weight excluding hydrogens is 440 g/mol. The number of aromatic nitrogens is 2. The number of rotatable bonds is 7. The van der Waals surface area contributed by atoms with Gasteiger partial charge < -0.3 is 15.7 Å². The molecule has 1 heterocycles. The largest absolute Gasteiger partial charge is 0.481 e. The van der Waals surface area contributed by atoms with Crippen molar-refractivity contribution in [2.24, 2.45) is 5.92 Å². The number of aliphatic carboxylic acids is 1. The third-order valence-corrected chi connectivity index (χ3v) is 6.18. The Labute approximate surface area is 205 Å². The van der Waals surface area contributed by atoms with Gasteiger partial charge in [-0.25, -0.2) is 0 Å². The van der Waals surface area contributed by atoms with Crippen LogP contribution in [-0.4, -0.2) is 32.8 Å². The highest BCUT2D eigenvalue weighted by Crippen LogP contribution is 2.27. The third-order valence-electron chi connectivity index (χ3n) is 6.18. The van der Waals surface area contributed by atoms with Crippen LogP contribution in [0.2, 0.25) is 0 Å². The molecule has 1 aliphatic rings. The van der Waals surface area contributed by atoms with Crippen molar-refractivity contribution in [1.29, 1.82) is 0 Å². The molecule has 2 atom stereocenters. The van der Waals surface area contributed by atoms with Gasteiger partial charge in [0.05, 0.1) is 17.2 Å². The van der Waals surface area contributed by atoms with Crippen molar-refractivity contribution in [3.8, 4) is 11.3 Å². The van der Waals surface area contributed by atoms with Crippen LogP contribution >= 0.6 is 0 Å². The van der Waals surface area contributed by atoms with Gasteiger partial charge in [0.2, 0.25) is 0 Å². The van der Waals surface area contributed by atoms with Gasteiger partial charge in [-0.3, -0.25) is 14.3 Å². The van der Waals surface area contributed by atoms with E-state index in [1.54, 1.807) is 0 Å². The van der Waals surface area contributed by atoms with Gasteiger partial charge in [-0.05, 0) is 62.9 Å². The molecule has 0 aliphatic heterocycles. The molecule has 0 saturated carbocycles. The standard InChI is InChI=1S/C28H32N4O3/c1-28(2,3)32-25(20-9-5-4-6-10-20)17-24(31-32)26(33)30-21-15-13-19(14-16-21)18-29-23-12-8-7-11-22(23)27(34)35/h4-10,13-17,22-23,29H,11-12,18H2,1-3H3,(H,30,33)(H,34,35)/t22-,23-/m0/s1. The van der Waals surface area contributed by atoms with E-state index in [-0.39, 0.29) is 17.5 Å². The van der Waals surface area contributed by atoms with Gasteiger partial charge in [-0.2, -0.15) is 5.10 Å². The molecule has 35 heavy (non-hydrogen) atoms. The van der Waals surface area contributed by atoms with Crippen molar-refractivity contribution in [1.82, 2.24) is 15.1 Å². The summed E-state index contributed by atoms with van der Waals surface area (Å²) in [5.41, 5.74) is 3.66. The predicted molar refractivity (Wildman–Crippen MR) is 137 cm³/mol. The first-order valence-electron chi connectivity index (χ1n) is 11.9. The number of allylic oxidation sites excluding steroid dienone is 1. The second-order valence-electron chi connectivity index (χ2n) is 9.89. The Hall–Kier alpha value is -3.71. The highest BCUT2D eigenvalue weighted by Gasteiger charge is 2.28. The minimum absolute atomic E-state index is 0.0892. The smallest absolute Gasteiger partial charge is 0.308 e. The Bertz CT molecular complexity index is 1210. The summed E-state index contributed by atoms with van der Waals surface area (Å²) in [6, 6.07) is 19.2. The maximum Gasteiger partial charge on any atom is 0.308 e. The van der Waals surface area contributed by atoms with Gasteiger partial charge >= 0.3 is 5.97 Å². The summed E-state index contributed by atoms with van der Waals surface area (Å²) in [5.74, 6) is -1.45. The van der Waals surface area contributed by atoms with Crippen LogP contribution in [0.1, 0.15) is 49.7 Å². The van der Waals surface area contributed by atoms with E-state index < -0.39 is 11.9 Å². The lowest BCUT2D eigenvalue weighted by Gasteiger charge is -2.26. The normalized spacial score (nSPS) is 17.8. The molecule has 0 fully saturated rings. The van der Waals surface area contributed by atoms with Crippen molar-refractivity contribution in [3.05, 3.63) is 84.1 Å². The molecule has 7 heteroatoms. The lowest BCUT2D eigenvalue weighted by Crippen LogP contribution is -2.40. The van der Waals surface area contributed by atoms with Gasteiger partial charge in [0.25, 0.3) is 5.91 Å². The first-order valence-corrected chi connectivity index (χ1v) is 11.9. The Morgan fingerprint density at radius 1 is 1.03 bits per heavy atom. The van der Waals surface area contributed by atoms with E-state index in [2.05, 4.69) is 36.5 Å². The van der Waals surface area contributed by atoms with E-state index in [9.17, 15) is 14.7 Å². The number of carbonyl (C=O) groups excluding carboxylic acids is 1. The summed E-state index contributed by atoms with van der Waals surface area (Å²) < 4.78 is 1.89. The molecule has 0 saturated heterocycles. The molecule has 1 aliphatic carbocycles. The summed E-state index contributed by atoms with van der Waals surface area (Å²) in [6.45, 7) is 6.74. The second kappa shape index (κ2) is 10.3. The number of hydrogen-bond donors (Lipinski definition) is 3. The maximum absolute atomic E-state index is 13.0. The summed E-state index contributed by atoms with van der Waals surface area (Å²) in [7, 11) is 0. The van der Waals surface area contributed by atoms with Gasteiger partial charge in [0, 0.05) is 18.3 Å². The Balaban J connectivity index is 1.43. The predicted octanol–water partition coefficient (Wildman–Crippen LogP) is 5.07. The molecule has 1 amide bonds. The van der Waals surface area contributed by atoms with Gasteiger partial charge in [-0.1, -0.05) is 54.6 Å². The van der Waals surface area contributed by atoms with Crippen LogP contribution in [0.5, 0.6) is 0 Å². The van der Waals surface area contributed by atoms with Crippen LogP contribution in [0, 0.1) is 5.92 Å². The molecule has 182 valence electrons. The fourth-order valence-corrected chi connectivity index (χ4v) is 4.28. The minimum atomic E-state index is -0.769. The Kier molecular flexibility index (Phi) is 7.17. The van der Waals surface area contributed by atoms with E-state index in [1.807, 2.05) is 77.5 Å². The number of hydrogen-bond acceptors (Lipinski definition) is 4. The molecule has 3 aromatic rings. The monoisotopic (exact) mass is 472 g/mol. The zero-order valence-corrected chi connectivity index (χ0v) is 20.4. The van der Waals surface area contributed by atoms with Crippen molar-refractivity contribution >= 4 is 17.6 Å². The highest BCUT2D eigenvalue weighted by atomic mass is 16.4. The molecule has 7 nitrogen and oxygen atoms in total. The molecule has 4 rings (SSSR count). The van der Waals surface area contributed by atoms with Crippen LogP contribution in [0.4, 0.5) is 5.69 Å². The molecule has 0 bridgehead atoms. The zero-order chi connectivity index (χ0) is 25.0. The van der Waals surface area contributed by atoms with Crippen LogP contribution in [-0.2, 0) is 16.9 Å². The van der Waals surface area contributed by atoms with Crippen LogP contribution in [0.3, 0.4) is 0 Å². The minimum Gasteiger partial charge on any atom is -0.481 e. The second-order valence-corrected chi connectivity index (χ2v) is 9.89. The molecule has 0 spiro atoms. The fraction of sp³-hybridized carbons (Fsp3) is 0.321. The highest BCUT2D eigenvalue weighted by molar-refractivity contribution is 6.03. The van der Waals surface area contributed by atoms with Gasteiger partial charge in [0.15, 0.2) is 5.69 Å². The zero-order valence-electron chi connectivity index (χ0n) is 20.4. The third kappa shape index (κ3) is 5.87. The van der Waals surface area contributed by atoms with Crippen LogP contribution in [0.15, 0.2) is 72.8 Å². The lowest BCUT2D eigenvalue weighted by molar-refractivity contribution is -0.142. The number of carbonyl (C=O) groups is 2. The molecular formula is C28H32N4O3. The summed E-state index contributed by atoms with van der Waals surface area (Å²) in [4.78, 5) is 24.5. The number of benzene rings is 2. The Morgan fingerprint density at radius 2 is 1.71 bits per heavy atom. The number of anilines is 1. The molecule has 2 aromatic carbocycles. The number of amides is 1. The van der Waals surface area contributed by atoms with E-state index in [1.165, 1.54) is 0 Å². The Morgan fingerprint density at radius 3 is 2.37 bits per heavy atom. The number of nitrogens with zero attached hydrogens (tertiary/aromatic N) is 2. The van der Waals surface area contributed by atoms with Crippen molar-refractivity contribution in [2.75, 3.05) is 5.32 Å². The first kappa shape index (κ1) is 24.4. The van der Waals surface area contributed by atoms with Crippen LogP contribution < -0.4 is 10.6 Å². The van der Waals surface area contributed by atoms with Crippen molar-refractivity contribution in [2.45, 2.75) is 51.7 Å². The van der Waals surface area contributed by atoms with E-state index >= 15 is 0 Å². The SMILES string of the molecule is CC(C)(C)n1nc(C(=O)Nc2ccc(CN[C@H]3CC=CC[C@@H]3C(=O)O)cc2)cc1-c1ccccc1. The van der Waals surface area contributed by atoms with Crippen molar-refractivity contribution < 1.29 is 14.7 Å². The number of nitrogens with one attached hydrogen (secondary N) is 2. The summed E-state index contributed by atoms with van der Waals surface area (Å²) in [6.07, 6.45) is 5.22. The molecule has 1 aromatic heterocycles. The maximum atomic E-state index is 13.0. The first-order chi connectivity index (χ1) is 16.7. The quantitative estimate of drug-likeness (QED) is 0.418. The molecule has 0 unspecified atom stereocenters. The van der Waals surface area contributed by atoms with Gasteiger partial charge in [-0.15, -0.1) is 0 Å². The summed E-state index contributed by atoms with van der Waals surface area (Å²) >= 11 is 0. The lowest BCUT2D eigenvalue weighted by atomic mass is 9.89. The number of carboxylic acids is 1. The van der Waals surface area contributed by atoms with Crippen LogP contribution in [0.25, 0.3) is 11.3 Å².